The number of nitrogens with zero attached hydrogens (tertiary/aromatic N) is 1. The zero-order valence-electron chi connectivity index (χ0n) is 15.6. The number of nitrogens with one attached hydrogen (secondary N) is 2. The third-order valence-corrected chi connectivity index (χ3v) is 6.44. The molecular weight excluding hydrogens is 438 g/mol. The van der Waals surface area contributed by atoms with Gasteiger partial charge in [-0.2, -0.15) is 0 Å². The van der Waals surface area contributed by atoms with Crippen molar-refractivity contribution in [3.8, 4) is 11.5 Å². The van der Waals surface area contributed by atoms with Crippen LogP contribution in [0.2, 0.25) is 0 Å². The van der Waals surface area contributed by atoms with Crippen molar-refractivity contribution < 1.29 is 14.3 Å². The van der Waals surface area contributed by atoms with Crippen molar-refractivity contribution in [1.29, 1.82) is 0 Å². The second-order valence-corrected chi connectivity index (χ2v) is 8.35. The fraction of sp³-hybridized carbons (Fsp3) is 0.333. The van der Waals surface area contributed by atoms with Crippen molar-refractivity contribution in [2.24, 2.45) is 5.92 Å². The fourth-order valence-electron chi connectivity index (χ4n) is 4.29. The molecule has 2 aromatic carbocycles. The van der Waals surface area contributed by atoms with Crippen molar-refractivity contribution in [2.75, 3.05) is 12.1 Å². The van der Waals surface area contributed by atoms with E-state index in [0.29, 0.717) is 17.2 Å². The van der Waals surface area contributed by atoms with Crippen LogP contribution in [0.1, 0.15) is 31.7 Å². The first kappa shape index (κ1) is 18.3. The summed E-state index contributed by atoms with van der Waals surface area (Å²) in [6.45, 7) is 0.209. The molecule has 0 bridgehead atoms. The minimum absolute atomic E-state index is 0.0105. The molecule has 1 aliphatic heterocycles. The molecular formula is C21H20BrN3O4. The van der Waals surface area contributed by atoms with Crippen molar-refractivity contribution >= 4 is 38.6 Å². The highest BCUT2D eigenvalue weighted by atomic mass is 79.9. The molecule has 0 unspecified atom stereocenters. The Morgan fingerprint density at radius 3 is 2.72 bits per heavy atom. The Morgan fingerprint density at radius 1 is 1.10 bits per heavy atom. The summed E-state index contributed by atoms with van der Waals surface area (Å²) in [5, 5.41) is 2.98. The molecule has 1 fully saturated rings. The number of carbonyl (C=O) groups excluding carboxylic acids is 1. The van der Waals surface area contributed by atoms with Crippen LogP contribution in [0.25, 0.3) is 11.0 Å². The molecule has 5 rings (SSSR count). The van der Waals surface area contributed by atoms with Gasteiger partial charge in [-0.25, -0.2) is 4.79 Å². The SMILES string of the molecule is O=C(Nc1ccc2c(c1)OCO2)C1CCC(n2c(=O)[nH]c3c(Br)cccc32)CC1. The van der Waals surface area contributed by atoms with E-state index in [1.54, 1.807) is 12.1 Å². The maximum atomic E-state index is 12.7. The first-order valence-corrected chi connectivity index (χ1v) is 10.5. The predicted molar refractivity (Wildman–Crippen MR) is 112 cm³/mol. The van der Waals surface area contributed by atoms with Crippen molar-refractivity contribution in [3.05, 3.63) is 51.4 Å². The summed E-state index contributed by atoms with van der Waals surface area (Å²) in [5.74, 6) is 1.29. The summed E-state index contributed by atoms with van der Waals surface area (Å²) in [5.41, 5.74) is 2.33. The maximum absolute atomic E-state index is 12.7. The fourth-order valence-corrected chi connectivity index (χ4v) is 4.75. The highest BCUT2D eigenvalue weighted by molar-refractivity contribution is 9.10. The molecule has 1 saturated carbocycles. The first-order chi connectivity index (χ1) is 14.1. The average molecular weight is 458 g/mol. The first-order valence-electron chi connectivity index (χ1n) is 9.69. The molecule has 2 aliphatic rings. The second-order valence-electron chi connectivity index (χ2n) is 7.50. The third kappa shape index (κ3) is 3.31. The molecule has 8 heteroatoms. The molecule has 0 saturated heterocycles. The number of hydrogen-bond donors (Lipinski definition) is 2. The van der Waals surface area contributed by atoms with Gasteiger partial charge >= 0.3 is 5.69 Å². The summed E-state index contributed by atoms with van der Waals surface area (Å²) in [7, 11) is 0. The Morgan fingerprint density at radius 2 is 1.90 bits per heavy atom. The van der Waals surface area contributed by atoms with Crippen molar-refractivity contribution in [3.63, 3.8) is 0 Å². The normalized spacial score (nSPS) is 20.7. The molecule has 0 radical (unpaired) electrons. The van der Waals surface area contributed by atoms with Crippen LogP contribution in [0.4, 0.5) is 5.69 Å². The number of H-pyrrole nitrogens is 1. The van der Waals surface area contributed by atoms with E-state index in [1.807, 2.05) is 28.8 Å². The molecule has 0 spiro atoms. The molecule has 3 aromatic rings. The number of aromatic nitrogens is 2. The number of aromatic amines is 1. The van der Waals surface area contributed by atoms with Gasteiger partial charge in [-0.15, -0.1) is 0 Å². The zero-order chi connectivity index (χ0) is 20.0. The lowest BCUT2D eigenvalue weighted by atomic mass is 9.85. The van der Waals surface area contributed by atoms with Crippen molar-refractivity contribution in [1.82, 2.24) is 9.55 Å². The van der Waals surface area contributed by atoms with Gasteiger partial charge in [-0.1, -0.05) is 6.07 Å². The number of anilines is 1. The van der Waals surface area contributed by atoms with Crippen LogP contribution in [0.5, 0.6) is 11.5 Å². The van der Waals surface area contributed by atoms with Crippen LogP contribution in [0.3, 0.4) is 0 Å². The number of rotatable bonds is 3. The zero-order valence-corrected chi connectivity index (χ0v) is 17.2. The van der Waals surface area contributed by atoms with E-state index in [4.69, 9.17) is 9.47 Å². The number of hydrogen-bond acceptors (Lipinski definition) is 4. The molecule has 150 valence electrons. The Bertz CT molecular complexity index is 1140. The highest BCUT2D eigenvalue weighted by Crippen LogP contribution is 2.36. The molecule has 29 heavy (non-hydrogen) atoms. The van der Waals surface area contributed by atoms with E-state index in [9.17, 15) is 9.59 Å². The molecule has 1 aromatic heterocycles. The van der Waals surface area contributed by atoms with Gasteiger partial charge in [-0.3, -0.25) is 9.36 Å². The number of fused-ring (bicyclic) bond motifs is 2. The summed E-state index contributed by atoms with van der Waals surface area (Å²) < 4.78 is 13.4. The number of amides is 1. The molecule has 2 heterocycles. The van der Waals surface area contributed by atoms with Gasteiger partial charge in [-0.05, 0) is 65.9 Å². The number of halogens is 1. The molecule has 1 amide bonds. The Balaban J connectivity index is 1.27. The van der Waals surface area contributed by atoms with Gasteiger partial charge in [0.2, 0.25) is 12.7 Å². The standard InChI is InChI=1S/C21H20BrN3O4/c22-15-2-1-3-16-19(15)24-21(27)25(16)14-7-4-12(5-8-14)20(26)23-13-6-9-17-18(10-13)29-11-28-17/h1-3,6,9-10,12,14H,4-5,7-8,11H2,(H,23,26)(H,24,27). The number of carbonyl (C=O) groups is 1. The van der Waals surface area contributed by atoms with Gasteiger partial charge in [0.1, 0.15) is 0 Å². The Labute approximate surface area is 175 Å². The van der Waals surface area contributed by atoms with E-state index in [1.165, 1.54) is 0 Å². The van der Waals surface area contributed by atoms with E-state index in [0.717, 1.165) is 41.2 Å². The van der Waals surface area contributed by atoms with Gasteiger partial charge in [0.15, 0.2) is 11.5 Å². The summed E-state index contributed by atoms with van der Waals surface area (Å²) in [6.07, 6.45) is 3.07. The van der Waals surface area contributed by atoms with Gasteiger partial charge in [0, 0.05) is 28.2 Å². The minimum Gasteiger partial charge on any atom is -0.454 e. The minimum atomic E-state index is -0.0971. The summed E-state index contributed by atoms with van der Waals surface area (Å²) in [4.78, 5) is 28.2. The molecule has 1 aliphatic carbocycles. The topological polar surface area (TPSA) is 85.3 Å². The lowest BCUT2D eigenvalue weighted by Gasteiger charge is -2.28. The number of ether oxygens (including phenoxy) is 2. The van der Waals surface area contributed by atoms with Crippen LogP contribution in [-0.2, 0) is 4.79 Å². The monoisotopic (exact) mass is 457 g/mol. The van der Waals surface area contributed by atoms with Crippen LogP contribution >= 0.6 is 15.9 Å². The van der Waals surface area contributed by atoms with Crippen LogP contribution in [-0.4, -0.2) is 22.3 Å². The van der Waals surface area contributed by atoms with Gasteiger partial charge in [0.25, 0.3) is 0 Å². The maximum Gasteiger partial charge on any atom is 0.326 e. The largest absolute Gasteiger partial charge is 0.454 e. The number of imidazole rings is 1. The molecule has 7 nitrogen and oxygen atoms in total. The number of para-hydroxylation sites is 1. The van der Waals surface area contributed by atoms with E-state index >= 15 is 0 Å². The Hall–Kier alpha value is -2.74. The van der Waals surface area contributed by atoms with E-state index in [-0.39, 0.29) is 30.3 Å². The van der Waals surface area contributed by atoms with Crippen LogP contribution in [0, 0.1) is 5.92 Å². The van der Waals surface area contributed by atoms with Crippen LogP contribution < -0.4 is 20.5 Å². The quantitative estimate of drug-likeness (QED) is 0.617. The van der Waals surface area contributed by atoms with Crippen molar-refractivity contribution in [2.45, 2.75) is 31.7 Å². The lowest BCUT2D eigenvalue weighted by Crippen LogP contribution is -2.31. The van der Waals surface area contributed by atoms with E-state index in [2.05, 4.69) is 26.2 Å². The van der Waals surface area contributed by atoms with E-state index < -0.39 is 0 Å². The predicted octanol–water partition coefficient (Wildman–Crippen LogP) is 4.19. The van der Waals surface area contributed by atoms with Gasteiger partial charge < -0.3 is 19.8 Å². The molecule has 0 atom stereocenters. The van der Waals surface area contributed by atoms with Crippen LogP contribution in [0.15, 0.2) is 45.7 Å². The summed E-state index contributed by atoms with van der Waals surface area (Å²) >= 11 is 3.49. The van der Waals surface area contributed by atoms with Gasteiger partial charge in [0.05, 0.1) is 11.0 Å². The second kappa shape index (κ2) is 7.26. The third-order valence-electron chi connectivity index (χ3n) is 5.77. The molecule has 2 N–H and O–H groups in total. The smallest absolute Gasteiger partial charge is 0.326 e. The lowest BCUT2D eigenvalue weighted by molar-refractivity contribution is -0.121. The number of benzene rings is 2. The average Bonchev–Trinajstić information content (AvgIpc) is 3.32. The summed E-state index contributed by atoms with van der Waals surface area (Å²) in [6, 6.07) is 11.3. The highest BCUT2D eigenvalue weighted by Gasteiger charge is 2.29. The Kier molecular flexibility index (Phi) is 4.58.